The van der Waals surface area contributed by atoms with Crippen molar-refractivity contribution in [3.05, 3.63) is 0 Å². The second-order valence-corrected chi connectivity index (χ2v) is 5.74. The van der Waals surface area contributed by atoms with Crippen LogP contribution in [-0.4, -0.2) is 42.5 Å². The largest absolute Gasteiger partial charge is 0.350 e. The van der Waals surface area contributed by atoms with Crippen LogP contribution >= 0.6 is 12.4 Å². The monoisotopic (exact) mass is 277 g/mol. The van der Waals surface area contributed by atoms with Crippen molar-refractivity contribution >= 4 is 18.3 Å². The quantitative estimate of drug-likeness (QED) is 0.798. The van der Waals surface area contributed by atoms with Crippen LogP contribution in [0.5, 0.6) is 0 Å². The van der Waals surface area contributed by atoms with Crippen LogP contribution in [0.2, 0.25) is 0 Å². The third-order valence-corrected chi connectivity index (χ3v) is 3.77. The number of nitrogens with two attached hydrogens (primary N) is 1. The number of hydrogen-bond acceptors (Lipinski definition) is 3. The van der Waals surface area contributed by atoms with Crippen LogP contribution in [0.25, 0.3) is 0 Å². The van der Waals surface area contributed by atoms with E-state index in [4.69, 9.17) is 5.73 Å². The molecule has 1 fully saturated rings. The highest BCUT2D eigenvalue weighted by atomic mass is 35.5. The van der Waals surface area contributed by atoms with Gasteiger partial charge in [-0.2, -0.15) is 0 Å². The molecule has 4 nitrogen and oxygen atoms in total. The van der Waals surface area contributed by atoms with Crippen molar-refractivity contribution < 1.29 is 4.79 Å². The number of carbonyl (C=O) groups is 1. The smallest absolute Gasteiger partial charge is 0.234 e. The van der Waals surface area contributed by atoms with Gasteiger partial charge in [-0.25, -0.2) is 0 Å². The number of likely N-dealkylation sites (tertiary alicyclic amines) is 1. The molecule has 0 aliphatic carbocycles. The van der Waals surface area contributed by atoms with E-state index < -0.39 is 0 Å². The van der Waals surface area contributed by atoms with Crippen LogP contribution in [0.4, 0.5) is 0 Å². The topological polar surface area (TPSA) is 58.4 Å². The van der Waals surface area contributed by atoms with Gasteiger partial charge in [-0.15, -0.1) is 12.4 Å². The molecule has 5 heteroatoms. The normalized spacial score (nSPS) is 18.2. The molecular formula is C13H28ClN3O. The third-order valence-electron chi connectivity index (χ3n) is 3.77. The fourth-order valence-corrected chi connectivity index (χ4v) is 2.09. The Morgan fingerprint density at radius 3 is 2.39 bits per heavy atom. The first-order valence-electron chi connectivity index (χ1n) is 6.70. The Hall–Kier alpha value is -0.320. The molecule has 0 radical (unpaired) electrons. The summed E-state index contributed by atoms with van der Waals surface area (Å²) in [5.74, 6) is 0.796. The lowest BCUT2D eigenvalue weighted by Gasteiger charge is -2.32. The molecule has 1 aliphatic heterocycles. The minimum absolute atomic E-state index is 0. The average molecular weight is 278 g/mol. The number of hydrogen-bond donors (Lipinski definition) is 2. The summed E-state index contributed by atoms with van der Waals surface area (Å²) < 4.78 is 0. The van der Waals surface area contributed by atoms with Crippen LogP contribution in [0, 0.1) is 5.92 Å². The first kappa shape index (κ1) is 17.7. The van der Waals surface area contributed by atoms with Crippen molar-refractivity contribution in [2.24, 2.45) is 11.7 Å². The average Bonchev–Trinajstić information content (AvgIpc) is 2.29. The summed E-state index contributed by atoms with van der Waals surface area (Å²) in [6, 6.07) is 0. The van der Waals surface area contributed by atoms with Gasteiger partial charge in [0.25, 0.3) is 0 Å². The van der Waals surface area contributed by atoms with Gasteiger partial charge in [0, 0.05) is 5.54 Å². The van der Waals surface area contributed by atoms with Crippen molar-refractivity contribution in [2.45, 2.75) is 45.6 Å². The molecule has 1 heterocycles. The Kier molecular flexibility index (Phi) is 7.83. The molecule has 108 valence electrons. The van der Waals surface area contributed by atoms with Crippen LogP contribution in [-0.2, 0) is 4.79 Å². The van der Waals surface area contributed by atoms with Crippen LogP contribution < -0.4 is 11.1 Å². The lowest BCUT2D eigenvalue weighted by molar-refractivity contribution is -0.124. The van der Waals surface area contributed by atoms with E-state index in [0.29, 0.717) is 12.5 Å². The molecule has 0 spiro atoms. The van der Waals surface area contributed by atoms with E-state index in [1.165, 1.54) is 0 Å². The Bertz CT molecular complexity index is 251. The van der Waals surface area contributed by atoms with Crippen LogP contribution in [0.3, 0.4) is 0 Å². The van der Waals surface area contributed by atoms with E-state index in [1.807, 2.05) is 0 Å². The molecule has 0 aromatic carbocycles. The van der Waals surface area contributed by atoms with Gasteiger partial charge in [0.15, 0.2) is 0 Å². The Labute approximate surface area is 117 Å². The molecule has 0 aromatic heterocycles. The van der Waals surface area contributed by atoms with Gasteiger partial charge < -0.3 is 11.1 Å². The molecule has 18 heavy (non-hydrogen) atoms. The fourth-order valence-electron chi connectivity index (χ4n) is 2.09. The first-order valence-corrected chi connectivity index (χ1v) is 6.70. The maximum absolute atomic E-state index is 11.9. The van der Waals surface area contributed by atoms with E-state index >= 15 is 0 Å². The standard InChI is InChI=1S/C13H27N3O.ClH/c1-4-13(2,3)15-12(17)10-16-7-5-11(9-14)6-8-16;/h11H,4-10,14H2,1-3H3,(H,15,17);1H. The summed E-state index contributed by atoms with van der Waals surface area (Å²) in [5.41, 5.74) is 5.56. The number of nitrogens with one attached hydrogen (secondary N) is 1. The zero-order valence-corrected chi connectivity index (χ0v) is 12.7. The molecule has 0 atom stereocenters. The van der Waals surface area contributed by atoms with Gasteiger partial charge in [-0.05, 0) is 58.7 Å². The van der Waals surface area contributed by atoms with Gasteiger partial charge in [0.2, 0.25) is 5.91 Å². The van der Waals surface area contributed by atoms with Crippen molar-refractivity contribution in [3.63, 3.8) is 0 Å². The number of nitrogens with zero attached hydrogens (tertiary/aromatic N) is 1. The van der Waals surface area contributed by atoms with E-state index in [1.54, 1.807) is 0 Å². The molecule has 1 rings (SSSR count). The van der Waals surface area contributed by atoms with Gasteiger partial charge >= 0.3 is 0 Å². The third kappa shape index (κ3) is 6.03. The first-order chi connectivity index (χ1) is 7.96. The molecular weight excluding hydrogens is 250 g/mol. The summed E-state index contributed by atoms with van der Waals surface area (Å²) in [6.07, 6.45) is 3.20. The summed E-state index contributed by atoms with van der Waals surface area (Å²) in [4.78, 5) is 14.1. The van der Waals surface area contributed by atoms with E-state index in [9.17, 15) is 4.79 Å². The molecule has 0 aromatic rings. The molecule has 0 saturated carbocycles. The highest BCUT2D eigenvalue weighted by Gasteiger charge is 2.22. The highest BCUT2D eigenvalue weighted by molar-refractivity contribution is 5.85. The molecule has 1 saturated heterocycles. The lowest BCUT2D eigenvalue weighted by Crippen LogP contribution is -2.48. The minimum Gasteiger partial charge on any atom is -0.350 e. The van der Waals surface area contributed by atoms with E-state index in [0.717, 1.165) is 38.9 Å². The van der Waals surface area contributed by atoms with Gasteiger partial charge in [-0.3, -0.25) is 9.69 Å². The number of rotatable bonds is 5. The van der Waals surface area contributed by atoms with Crippen molar-refractivity contribution in [1.82, 2.24) is 10.2 Å². The summed E-state index contributed by atoms with van der Waals surface area (Å²) in [7, 11) is 0. The number of carbonyl (C=O) groups excluding carboxylic acids is 1. The zero-order valence-electron chi connectivity index (χ0n) is 11.9. The number of piperidine rings is 1. The predicted molar refractivity (Wildman–Crippen MR) is 78.0 cm³/mol. The highest BCUT2D eigenvalue weighted by Crippen LogP contribution is 2.15. The van der Waals surface area contributed by atoms with E-state index in [-0.39, 0.29) is 23.9 Å². The predicted octanol–water partition coefficient (Wildman–Crippen LogP) is 1.38. The van der Waals surface area contributed by atoms with Crippen molar-refractivity contribution in [2.75, 3.05) is 26.2 Å². The maximum Gasteiger partial charge on any atom is 0.234 e. The number of halogens is 1. The molecule has 0 bridgehead atoms. The van der Waals surface area contributed by atoms with E-state index in [2.05, 4.69) is 31.0 Å². The Morgan fingerprint density at radius 1 is 1.39 bits per heavy atom. The lowest BCUT2D eigenvalue weighted by atomic mass is 9.97. The van der Waals surface area contributed by atoms with Gasteiger partial charge in [0.1, 0.15) is 0 Å². The molecule has 3 N–H and O–H groups in total. The SMILES string of the molecule is CCC(C)(C)NC(=O)CN1CCC(CN)CC1.Cl. The second-order valence-electron chi connectivity index (χ2n) is 5.74. The second kappa shape index (κ2) is 7.97. The van der Waals surface area contributed by atoms with Crippen LogP contribution in [0.1, 0.15) is 40.0 Å². The summed E-state index contributed by atoms with van der Waals surface area (Å²) in [6.45, 7) is 9.53. The molecule has 1 aliphatic rings. The minimum atomic E-state index is -0.0906. The fraction of sp³-hybridized carbons (Fsp3) is 0.923. The summed E-state index contributed by atoms with van der Waals surface area (Å²) >= 11 is 0. The van der Waals surface area contributed by atoms with Gasteiger partial charge in [-0.1, -0.05) is 6.92 Å². The Balaban J connectivity index is 0.00000289. The maximum atomic E-state index is 11.9. The molecule has 1 amide bonds. The van der Waals surface area contributed by atoms with Crippen molar-refractivity contribution in [3.8, 4) is 0 Å². The number of amides is 1. The molecule has 0 unspecified atom stereocenters. The van der Waals surface area contributed by atoms with Gasteiger partial charge in [0.05, 0.1) is 6.54 Å². The van der Waals surface area contributed by atoms with Crippen molar-refractivity contribution in [1.29, 1.82) is 0 Å². The zero-order chi connectivity index (χ0) is 12.9. The summed E-state index contributed by atoms with van der Waals surface area (Å²) in [5, 5.41) is 3.07. The van der Waals surface area contributed by atoms with Crippen LogP contribution in [0.15, 0.2) is 0 Å². The Morgan fingerprint density at radius 2 is 1.94 bits per heavy atom.